The molecule has 6 nitrogen and oxygen atoms in total. The molecule has 23 heavy (non-hydrogen) atoms. The van der Waals surface area contributed by atoms with Crippen molar-refractivity contribution >= 4 is 6.09 Å². The van der Waals surface area contributed by atoms with Gasteiger partial charge in [0.05, 0.1) is 12.3 Å². The van der Waals surface area contributed by atoms with Gasteiger partial charge in [-0.05, 0) is 25.5 Å². The largest absolute Gasteiger partial charge is 0.450 e. The molecule has 0 radical (unpaired) electrons. The summed E-state index contributed by atoms with van der Waals surface area (Å²) in [5, 5.41) is 3.42. The fourth-order valence-corrected chi connectivity index (χ4v) is 2.66. The maximum absolute atomic E-state index is 11.7. The van der Waals surface area contributed by atoms with Crippen LogP contribution in [0.15, 0.2) is 41.0 Å². The first-order chi connectivity index (χ1) is 11.3. The van der Waals surface area contributed by atoms with Crippen LogP contribution in [-0.4, -0.2) is 41.7 Å². The fraction of sp³-hybridized carbons (Fsp3) is 0.412. The molecular weight excluding hydrogens is 294 g/mol. The zero-order valence-electron chi connectivity index (χ0n) is 13.2. The summed E-state index contributed by atoms with van der Waals surface area (Å²) in [6.07, 6.45) is 2.36. The molecule has 0 aliphatic carbocycles. The Labute approximate surface area is 135 Å². The van der Waals surface area contributed by atoms with Crippen molar-refractivity contribution in [3.05, 3.63) is 42.3 Å². The summed E-state index contributed by atoms with van der Waals surface area (Å²) in [4.78, 5) is 17.9. The molecule has 1 fully saturated rings. The van der Waals surface area contributed by atoms with E-state index in [-0.39, 0.29) is 12.1 Å². The third kappa shape index (κ3) is 3.90. The second-order valence-corrected chi connectivity index (χ2v) is 5.52. The van der Waals surface area contributed by atoms with Crippen molar-refractivity contribution in [1.29, 1.82) is 0 Å². The van der Waals surface area contributed by atoms with Gasteiger partial charge in [-0.15, -0.1) is 0 Å². The maximum Gasteiger partial charge on any atom is 0.409 e. The van der Waals surface area contributed by atoms with Gasteiger partial charge in [0.2, 0.25) is 5.89 Å². The highest BCUT2D eigenvalue weighted by Crippen LogP contribution is 2.18. The van der Waals surface area contributed by atoms with Gasteiger partial charge in [0.1, 0.15) is 6.26 Å². The number of hydrogen-bond acceptors (Lipinski definition) is 5. The lowest BCUT2D eigenvalue weighted by molar-refractivity contribution is 0.115. The molecule has 6 heteroatoms. The minimum atomic E-state index is -0.232. The molecule has 1 amide bonds. The minimum Gasteiger partial charge on any atom is -0.450 e. The maximum atomic E-state index is 11.7. The summed E-state index contributed by atoms with van der Waals surface area (Å²) >= 11 is 0. The SMILES string of the molecule is CCOC(=O)N1CC[C@H](NCc2coc(-c3ccccc3)n2)C1. The first-order valence-corrected chi connectivity index (χ1v) is 7.91. The van der Waals surface area contributed by atoms with Gasteiger partial charge in [-0.3, -0.25) is 0 Å². The van der Waals surface area contributed by atoms with Gasteiger partial charge in [0.25, 0.3) is 0 Å². The van der Waals surface area contributed by atoms with E-state index >= 15 is 0 Å². The molecule has 0 saturated carbocycles. The van der Waals surface area contributed by atoms with Crippen LogP contribution in [0, 0.1) is 0 Å². The molecular formula is C17H21N3O3. The number of nitrogens with one attached hydrogen (secondary N) is 1. The molecule has 2 aromatic rings. The predicted octanol–water partition coefficient (Wildman–Crippen LogP) is 2.66. The van der Waals surface area contributed by atoms with Crippen molar-refractivity contribution in [3.63, 3.8) is 0 Å². The summed E-state index contributed by atoms with van der Waals surface area (Å²) < 4.78 is 10.5. The lowest BCUT2D eigenvalue weighted by Gasteiger charge is -2.15. The first-order valence-electron chi connectivity index (χ1n) is 7.91. The van der Waals surface area contributed by atoms with Gasteiger partial charge in [-0.25, -0.2) is 9.78 Å². The van der Waals surface area contributed by atoms with Crippen LogP contribution in [0.4, 0.5) is 4.79 Å². The molecule has 0 unspecified atom stereocenters. The van der Waals surface area contributed by atoms with E-state index in [4.69, 9.17) is 9.15 Å². The van der Waals surface area contributed by atoms with Crippen molar-refractivity contribution in [3.8, 4) is 11.5 Å². The molecule has 1 saturated heterocycles. The lowest BCUT2D eigenvalue weighted by atomic mass is 10.2. The summed E-state index contributed by atoms with van der Waals surface area (Å²) in [5.41, 5.74) is 1.83. The number of benzene rings is 1. The number of rotatable bonds is 5. The third-order valence-corrected chi connectivity index (χ3v) is 3.86. The molecule has 0 spiro atoms. The lowest BCUT2D eigenvalue weighted by Crippen LogP contribution is -2.35. The van der Waals surface area contributed by atoms with E-state index in [1.807, 2.05) is 37.3 Å². The van der Waals surface area contributed by atoms with Crippen LogP contribution >= 0.6 is 0 Å². The number of oxazole rings is 1. The summed E-state index contributed by atoms with van der Waals surface area (Å²) in [5.74, 6) is 0.627. The Morgan fingerprint density at radius 2 is 2.26 bits per heavy atom. The quantitative estimate of drug-likeness (QED) is 0.919. The number of ether oxygens (including phenoxy) is 1. The molecule has 3 rings (SSSR count). The molecule has 1 aliphatic rings. The highest BCUT2D eigenvalue weighted by molar-refractivity contribution is 5.68. The molecule has 122 valence electrons. The van der Waals surface area contributed by atoms with Crippen LogP contribution in [-0.2, 0) is 11.3 Å². The van der Waals surface area contributed by atoms with Crippen LogP contribution < -0.4 is 5.32 Å². The molecule has 1 aromatic heterocycles. The highest BCUT2D eigenvalue weighted by atomic mass is 16.6. The van der Waals surface area contributed by atoms with Gasteiger partial charge in [-0.1, -0.05) is 18.2 Å². The Kier molecular flexibility index (Phi) is 4.92. The van der Waals surface area contributed by atoms with E-state index in [0.29, 0.717) is 25.6 Å². The second-order valence-electron chi connectivity index (χ2n) is 5.52. The van der Waals surface area contributed by atoms with Gasteiger partial charge in [0, 0.05) is 31.2 Å². The van der Waals surface area contributed by atoms with Crippen molar-refractivity contribution < 1.29 is 13.9 Å². The Morgan fingerprint density at radius 1 is 1.43 bits per heavy atom. The van der Waals surface area contributed by atoms with Gasteiger partial charge in [-0.2, -0.15) is 0 Å². The van der Waals surface area contributed by atoms with Crippen LogP contribution in [0.5, 0.6) is 0 Å². The number of amides is 1. The van der Waals surface area contributed by atoms with E-state index < -0.39 is 0 Å². The van der Waals surface area contributed by atoms with E-state index in [2.05, 4.69) is 10.3 Å². The van der Waals surface area contributed by atoms with E-state index in [0.717, 1.165) is 24.2 Å². The monoisotopic (exact) mass is 315 g/mol. The zero-order valence-corrected chi connectivity index (χ0v) is 13.2. The number of nitrogens with zero attached hydrogens (tertiary/aromatic N) is 2. The molecule has 1 N–H and O–H groups in total. The first kappa shape index (κ1) is 15.6. The van der Waals surface area contributed by atoms with E-state index in [9.17, 15) is 4.79 Å². The van der Waals surface area contributed by atoms with E-state index in [1.54, 1.807) is 11.2 Å². The zero-order chi connectivity index (χ0) is 16.1. The van der Waals surface area contributed by atoms with Crippen molar-refractivity contribution in [2.75, 3.05) is 19.7 Å². The highest BCUT2D eigenvalue weighted by Gasteiger charge is 2.26. The fourth-order valence-electron chi connectivity index (χ4n) is 2.66. The molecule has 1 aromatic carbocycles. The Hall–Kier alpha value is -2.34. The summed E-state index contributed by atoms with van der Waals surface area (Å²) in [6.45, 7) is 4.25. The van der Waals surface area contributed by atoms with Crippen molar-refractivity contribution in [2.45, 2.75) is 25.9 Å². The third-order valence-electron chi connectivity index (χ3n) is 3.86. The van der Waals surface area contributed by atoms with Gasteiger partial charge < -0.3 is 19.4 Å². The van der Waals surface area contributed by atoms with Gasteiger partial charge >= 0.3 is 6.09 Å². The minimum absolute atomic E-state index is 0.232. The number of likely N-dealkylation sites (tertiary alicyclic amines) is 1. The molecule has 1 aliphatic heterocycles. The average molecular weight is 315 g/mol. The smallest absolute Gasteiger partial charge is 0.409 e. The number of hydrogen-bond donors (Lipinski definition) is 1. The normalized spacial score (nSPS) is 17.4. The van der Waals surface area contributed by atoms with Crippen molar-refractivity contribution in [2.24, 2.45) is 0 Å². The number of carbonyl (C=O) groups is 1. The van der Waals surface area contributed by atoms with Crippen LogP contribution in [0.3, 0.4) is 0 Å². The Bertz CT molecular complexity index is 642. The average Bonchev–Trinajstić information content (AvgIpc) is 3.23. The topological polar surface area (TPSA) is 67.6 Å². The van der Waals surface area contributed by atoms with Crippen LogP contribution in [0.1, 0.15) is 19.0 Å². The van der Waals surface area contributed by atoms with Crippen LogP contribution in [0.25, 0.3) is 11.5 Å². The number of carbonyl (C=O) groups excluding carboxylic acids is 1. The van der Waals surface area contributed by atoms with Crippen LogP contribution in [0.2, 0.25) is 0 Å². The Balaban J connectivity index is 1.50. The molecule has 0 bridgehead atoms. The summed E-state index contributed by atoms with van der Waals surface area (Å²) in [6, 6.07) is 10.1. The predicted molar refractivity (Wildman–Crippen MR) is 85.8 cm³/mol. The van der Waals surface area contributed by atoms with Crippen molar-refractivity contribution in [1.82, 2.24) is 15.2 Å². The van der Waals surface area contributed by atoms with Gasteiger partial charge in [0.15, 0.2) is 0 Å². The molecule has 2 heterocycles. The van der Waals surface area contributed by atoms with E-state index in [1.165, 1.54) is 0 Å². The summed E-state index contributed by atoms with van der Waals surface area (Å²) in [7, 11) is 0. The standard InChI is InChI=1S/C17H21N3O3/c1-2-22-17(21)20-9-8-14(11-20)18-10-15-12-23-16(19-15)13-6-4-3-5-7-13/h3-7,12,14,18H,2,8-11H2,1H3/t14-/m0/s1. The Morgan fingerprint density at radius 3 is 3.04 bits per heavy atom. The number of aromatic nitrogens is 1. The second kappa shape index (κ2) is 7.28. The molecule has 1 atom stereocenters.